The first-order valence-electron chi connectivity index (χ1n) is 10.5. The Bertz CT molecular complexity index is 1060. The van der Waals surface area contributed by atoms with Crippen molar-refractivity contribution in [1.29, 1.82) is 0 Å². The largest absolute Gasteiger partial charge is 0.490 e. The first-order valence-corrected chi connectivity index (χ1v) is 11.6. The van der Waals surface area contributed by atoms with Gasteiger partial charge < -0.3 is 9.47 Å². The van der Waals surface area contributed by atoms with Crippen molar-refractivity contribution in [2.45, 2.75) is 33.6 Å². The van der Waals surface area contributed by atoms with Gasteiger partial charge in [-0.05, 0) is 83.8 Å². The number of ether oxygens (including phenoxy) is 2. The van der Waals surface area contributed by atoms with Crippen LogP contribution in [0.1, 0.15) is 38.3 Å². The highest BCUT2D eigenvalue weighted by atomic mass is 127. The number of barbiturate groups is 1. The Morgan fingerprint density at radius 2 is 1.75 bits per heavy atom. The number of aryl methyl sites for hydroxylation is 1. The molecule has 1 N–H and O–H groups in total. The first kappa shape index (κ1) is 23.8. The maximum atomic E-state index is 13.1. The summed E-state index contributed by atoms with van der Waals surface area (Å²) in [5.74, 6) is -0.252. The summed E-state index contributed by atoms with van der Waals surface area (Å²) in [6, 6.07) is 9.84. The minimum atomic E-state index is -0.769. The number of imide groups is 2. The molecule has 2 aromatic carbocycles. The molecule has 32 heavy (non-hydrogen) atoms. The molecule has 0 spiro atoms. The highest BCUT2D eigenvalue weighted by Gasteiger charge is 2.36. The zero-order valence-electron chi connectivity index (χ0n) is 18.2. The van der Waals surface area contributed by atoms with Gasteiger partial charge in [0.2, 0.25) is 0 Å². The normalized spacial score (nSPS) is 15.2. The Morgan fingerprint density at radius 3 is 2.38 bits per heavy atom. The van der Waals surface area contributed by atoms with E-state index in [1.807, 2.05) is 32.9 Å². The zero-order chi connectivity index (χ0) is 23.3. The number of anilines is 1. The van der Waals surface area contributed by atoms with E-state index in [-0.39, 0.29) is 5.57 Å². The van der Waals surface area contributed by atoms with Crippen LogP contribution < -0.4 is 19.7 Å². The first-order chi connectivity index (χ1) is 15.4. The molecule has 7 nitrogen and oxygen atoms in total. The van der Waals surface area contributed by atoms with Gasteiger partial charge in [0.1, 0.15) is 5.57 Å². The molecule has 0 radical (unpaired) electrons. The van der Waals surface area contributed by atoms with Crippen LogP contribution in [-0.2, 0) is 16.0 Å². The van der Waals surface area contributed by atoms with Gasteiger partial charge in [-0.1, -0.05) is 26.0 Å². The molecule has 1 aliphatic heterocycles. The zero-order valence-corrected chi connectivity index (χ0v) is 20.4. The lowest BCUT2D eigenvalue weighted by molar-refractivity contribution is -0.122. The third-order valence-corrected chi connectivity index (χ3v) is 5.60. The van der Waals surface area contributed by atoms with Crippen LogP contribution in [0.15, 0.2) is 42.0 Å². The summed E-state index contributed by atoms with van der Waals surface area (Å²) >= 11 is 2.13. The molecule has 168 valence electrons. The van der Waals surface area contributed by atoms with Crippen molar-refractivity contribution in [3.63, 3.8) is 0 Å². The molecule has 3 rings (SSSR count). The van der Waals surface area contributed by atoms with E-state index in [4.69, 9.17) is 9.47 Å². The van der Waals surface area contributed by atoms with E-state index in [1.165, 1.54) is 6.08 Å². The SMILES string of the molecule is CCCOc1c(I)cc(/C=C2\C(=O)NC(=O)N(c3ccc(CC)cc3)C2=O)cc1OCC. The molecule has 0 bridgehead atoms. The fourth-order valence-corrected chi connectivity index (χ4v) is 4.00. The van der Waals surface area contributed by atoms with Crippen LogP contribution in [0.25, 0.3) is 6.08 Å². The molecule has 8 heteroatoms. The molecule has 0 atom stereocenters. The Labute approximate surface area is 200 Å². The van der Waals surface area contributed by atoms with Crippen molar-refractivity contribution in [1.82, 2.24) is 5.32 Å². The predicted molar refractivity (Wildman–Crippen MR) is 131 cm³/mol. The van der Waals surface area contributed by atoms with Gasteiger partial charge in [0.25, 0.3) is 11.8 Å². The minimum absolute atomic E-state index is 0.135. The van der Waals surface area contributed by atoms with Crippen molar-refractivity contribution in [3.8, 4) is 11.5 Å². The third kappa shape index (κ3) is 5.12. The average molecular weight is 548 g/mol. The Morgan fingerprint density at radius 1 is 1.03 bits per heavy atom. The Kier molecular flexibility index (Phi) is 7.89. The molecule has 4 amide bonds. The summed E-state index contributed by atoms with van der Waals surface area (Å²) in [5.41, 5.74) is 1.94. The van der Waals surface area contributed by atoms with E-state index in [2.05, 4.69) is 27.9 Å². The monoisotopic (exact) mass is 548 g/mol. The van der Waals surface area contributed by atoms with Crippen molar-refractivity contribution in [3.05, 3.63) is 56.7 Å². The van der Waals surface area contributed by atoms with Gasteiger partial charge in [-0.15, -0.1) is 0 Å². The second kappa shape index (κ2) is 10.6. The summed E-state index contributed by atoms with van der Waals surface area (Å²) in [4.78, 5) is 39.0. The molecule has 0 unspecified atom stereocenters. The van der Waals surface area contributed by atoms with Gasteiger partial charge in [-0.25, -0.2) is 9.69 Å². The van der Waals surface area contributed by atoms with Gasteiger partial charge in [-0.2, -0.15) is 0 Å². The lowest BCUT2D eigenvalue weighted by Gasteiger charge is -2.26. The fraction of sp³-hybridized carbons (Fsp3) is 0.292. The number of urea groups is 1. The summed E-state index contributed by atoms with van der Waals surface area (Å²) in [6.45, 7) is 6.89. The van der Waals surface area contributed by atoms with E-state index in [0.29, 0.717) is 36.0 Å². The second-order valence-electron chi connectivity index (χ2n) is 7.09. The molecule has 1 heterocycles. The number of rotatable bonds is 8. The third-order valence-electron chi connectivity index (χ3n) is 4.80. The van der Waals surface area contributed by atoms with Gasteiger partial charge in [0, 0.05) is 0 Å². The molecular weight excluding hydrogens is 523 g/mol. The number of nitrogens with zero attached hydrogens (tertiary/aromatic N) is 1. The lowest BCUT2D eigenvalue weighted by atomic mass is 10.1. The summed E-state index contributed by atoms with van der Waals surface area (Å²) in [7, 11) is 0. The molecule has 1 fully saturated rings. The smallest absolute Gasteiger partial charge is 0.335 e. The maximum Gasteiger partial charge on any atom is 0.335 e. The molecule has 1 saturated heterocycles. The molecule has 0 aromatic heterocycles. The Balaban J connectivity index is 1.99. The van der Waals surface area contributed by atoms with Crippen molar-refractivity contribution in [2.75, 3.05) is 18.1 Å². The van der Waals surface area contributed by atoms with E-state index in [9.17, 15) is 14.4 Å². The molecular formula is C24H25IN2O5. The molecule has 0 aliphatic carbocycles. The molecule has 2 aromatic rings. The summed E-state index contributed by atoms with van der Waals surface area (Å²) in [6.07, 6.45) is 3.15. The van der Waals surface area contributed by atoms with E-state index in [0.717, 1.165) is 26.9 Å². The average Bonchev–Trinajstić information content (AvgIpc) is 2.76. The van der Waals surface area contributed by atoms with Crippen LogP contribution >= 0.6 is 22.6 Å². The maximum absolute atomic E-state index is 13.1. The number of carbonyl (C=O) groups is 3. The number of benzene rings is 2. The fourth-order valence-electron chi connectivity index (χ4n) is 3.22. The quantitative estimate of drug-likeness (QED) is 0.294. The van der Waals surface area contributed by atoms with E-state index >= 15 is 0 Å². The van der Waals surface area contributed by atoms with E-state index < -0.39 is 17.8 Å². The highest BCUT2D eigenvalue weighted by Crippen LogP contribution is 2.35. The number of nitrogens with one attached hydrogen (secondary N) is 1. The van der Waals surface area contributed by atoms with Crippen LogP contribution in [0, 0.1) is 3.57 Å². The van der Waals surface area contributed by atoms with Gasteiger partial charge >= 0.3 is 6.03 Å². The van der Waals surface area contributed by atoms with Gasteiger partial charge in [-0.3, -0.25) is 14.9 Å². The van der Waals surface area contributed by atoms with E-state index in [1.54, 1.807) is 24.3 Å². The van der Waals surface area contributed by atoms with Crippen LogP contribution in [0.5, 0.6) is 11.5 Å². The van der Waals surface area contributed by atoms with Crippen molar-refractivity contribution in [2.24, 2.45) is 0 Å². The predicted octanol–water partition coefficient (Wildman–Crippen LogP) is 4.71. The van der Waals surface area contributed by atoms with Crippen LogP contribution in [0.2, 0.25) is 0 Å². The second-order valence-corrected chi connectivity index (χ2v) is 8.25. The number of carbonyl (C=O) groups excluding carboxylic acids is 3. The standard InChI is InChI=1S/C24H25IN2O5/c1-4-11-32-21-19(25)13-16(14-20(21)31-6-3)12-18-22(28)26-24(30)27(23(18)29)17-9-7-15(5-2)8-10-17/h7-10,12-14H,4-6,11H2,1-3H3,(H,26,28,30)/b18-12+. The number of hydrogen-bond donors (Lipinski definition) is 1. The van der Waals surface area contributed by atoms with Gasteiger partial charge in [0.15, 0.2) is 11.5 Å². The number of hydrogen-bond acceptors (Lipinski definition) is 5. The lowest BCUT2D eigenvalue weighted by Crippen LogP contribution is -2.54. The summed E-state index contributed by atoms with van der Waals surface area (Å²) in [5, 5.41) is 2.25. The Hall–Kier alpha value is -2.88. The van der Waals surface area contributed by atoms with Crippen molar-refractivity contribution < 1.29 is 23.9 Å². The molecule has 0 saturated carbocycles. The minimum Gasteiger partial charge on any atom is -0.490 e. The molecule has 1 aliphatic rings. The van der Waals surface area contributed by atoms with Crippen LogP contribution in [0.4, 0.5) is 10.5 Å². The van der Waals surface area contributed by atoms with Crippen molar-refractivity contribution >= 4 is 52.2 Å². The van der Waals surface area contributed by atoms with Crippen LogP contribution in [-0.4, -0.2) is 31.1 Å². The van der Waals surface area contributed by atoms with Gasteiger partial charge in [0.05, 0.1) is 22.5 Å². The van der Waals surface area contributed by atoms with Crippen LogP contribution in [0.3, 0.4) is 0 Å². The summed E-state index contributed by atoms with van der Waals surface area (Å²) < 4.78 is 12.3. The number of halogens is 1. The highest BCUT2D eigenvalue weighted by molar-refractivity contribution is 14.1. The number of amides is 4. The topological polar surface area (TPSA) is 84.9 Å².